The number of rotatable bonds is 7. The van der Waals surface area contributed by atoms with E-state index >= 15 is 0 Å². The van der Waals surface area contributed by atoms with E-state index in [0.29, 0.717) is 0 Å². The van der Waals surface area contributed by atoms with Gasteiger partial charge in [0, 0.05) is 33.3 Å². The molecular weight excluding hydrogens is 653 g/mol. The van der Waals surface area contributed by atoms with Gasteiger partial charge in [-0.2, -0.15) is 0 Å². The first kappa shape index (κ1) is 31.6. The van der Waals surface area contributed by atoms with E-state index in [-0.39, 0.29) is 0 Å². The molecule has 0 unspecified atom stereocenters. The van der Waals surface area contributed by atoms with Gasteiger partial charge in [0.2, 0.25) is 0 Å². The number of nitrogens with zero attached hydrogens (tertiary/aromatic N) is 2. The molecule has 0 saturated carbocycles. The summed E-state index contributed by atoms with van der Waals surface area (Å²) in [5.74, 6) is 0. The van der Waals surface area contributed by atoms with Crippen molar-refractivity contribution in [2.24, 2.45) is 0 Å². The Labute approximate surface area is 315 Å². The lowest BCUT2D eigenvalue weighted by atomic mass is 9.98. The van der Waals surface area contributed by atoms with Crippen molar-refractivity contribution < 1.29 is 0 Å². The molecule has 0 fully saturated rings. The van der Waals surface area contributed by atoms with E-state index in [9.17, 15) is 0 Å². The van der Waals surface area contributed by atoms with Crippen LogP contribution in [-0.4, -0.2) is 4.57 Å². The maximum absolute atomic E-state index is 2.41. The van der Waals surface area contributed by atoms with Crippen LogP contribution < -0.4 is 4.90 Å². The Morgan fingerprint density at radius 3 is 1.52 bits per heavy atom. The molecule has 1 aromatic heterocycles. The van der Waals surface area contributed by atoms with E-state index in [1.807, 2.05) is 0 Å². The summed E-state index contributed by atoms with van der Waals surface area (Å²) < 4.78 is 2.41. The van der Waals surface area contributed by atoms with Crippen LogP contribution in [0.15, 0.2) is 218 Å². The topological polar surface area (TPSA) is 8.17 Å². The number of aromatic nitrogens is 1. The first-order chi connectivity index (χ1) is 26.8. The highest BCUT2D eigenvalue weighted by atomic mass is 15.1. The highest BCUT2D eigenvalue weighted by Gasteiger charge is 2.19. The maximum Gasteiger partial charge on any atom is 0.0541 e. The van der Waals surface area contributed by atoms with Gasteiger partial charge in [-0.3, -0.25) is 0 Å². The first-order valence-electron chi connectivity index (χ1n) is 18.5. The molecule has 0 bridgehead atoms. The third-order valence-electron chi connectivity index (χ3n) is 10.6. The van der Waals surface area contributed by atoms with Gasteiger partial charge >= 0.3 is 0 Å². The summed E-state index contributed by atoms with van der Waals surface area (Å²) in [5, 5.41) is 4.99. The van der Waals surface area contributed by atoms with Crippen molar-refractivity contribution in [2.75, 3.05) is 4.90 Å². The van der Waals surface area contributed by atoms with Crippen molar-refractivity contribution in [2.45, 2.75) is 0 Å². The summed E-state index contributed by atoms with van der Waals surface area (Å²) in [6, 6.07) is 78.9. The second-order valence-corrected chi connectivity index (χ2v) is 13.8. The standard InChI is InChI=1S/C52H36N2/c1-2-14-37(15-3-1)39-28-32-43(33-29-39)53(49-22-10-7-19-46(49)42-27-26-38-16-4-5-17-41(38)36-42)44-34-30-40(31-35-44)45-18-6-11-23-50(45)54-51-24-12-8-20-47(51)48-21-9-13-25-52(48)54/h1-36H. The fourth-order valence-corrected chi connectivity index (χ4v) is 8.02. The maximum atomic E-state index is 2.41. The SMILES string of the molecule is c1ccc(-c2ccc(N(c3ccc(-c4ccccc4-n4c5ccccc5c5ccccc54)cc3)c3ccccc3-c3ccc4ccccc4c3)cc2)cc1. The van der Waals surface area contributed by atoms with Crippen molar-refractivity contribution in [3.63, 3.8) is 0 Å². The quantitative estimate of drug-likeness (QED) is 0.162. The Morgan fingerprint density at radius 1 is 0.315 bits per heavy atom. The number of anilines is 3. The molecule has 2 nitrogen and oxygen atoms in total. The van der Waals surface area contributed by atoms with Crippen molar-refractivity contribution >= 4 is 49.6 Å². The van der Waals surface area contributed by atoms with Crippen molar-refractivity contribution in [3.05, 3.63) is 218 Å². The van der Waals surface area contributed by atoms with Gasteiger partial charge in [0.05, 0.1) is 22.4 Å². The predicted octanol–water partition coefficient (Wildman–Crippen LogP) is 14.4. The molecule has 54 heavy (non-hydrogen) atoms. The zero-order valence-corrected chi connectivity index (χ0v) is 29.7. The Morgan fingerprint density at radius 2 is 0.815 bits per heavy atom. The Bertz CT molecular complexity index is 2870. The van der Waals surface area contributed by atoms with Crippen LogP contribution in [0.5, 0.6) is 0 Å². The lowest BCUT2D eigenvalue weighted by Gasteiger charge is -2.28. The molecule has 0 aliphatic rings. The van der Waals surface area contributed by atoms with E-state index < -0.39 is 0 Å². The molecule has 0 saturated heterocycles. The molecule has 10 rings (SSSR count). The smallest absolute Gasteiger partial charge is 0.0541 e. The molecule has 0 aliphatic carbocycles. The molecule has 1 heterocycles. The van der Waals surface area contributed by atoms with E-state index in [2.05, 4.69) is 228 Å². The van der Waals surface area contributed by atoms with E-state index in [0.717, 1.165) is 22.7 Å². The van der Waals surface area contributed by atoms with Gasteiger partial charge in [-0.15, -0.1) is 0 Å². The van der Waals surface area contributed by atoms with Crippen LogP contribution in [0, 0.1) is 0 Å². The summed E-state index contributed by atoms with van der Waals surface area (Å²) >= 11 is 0. The Hall–Kier alpha value is -7.16. The third-order valence-corrected chi connectivity index (χ3v) is 10.6. The average Bonchev–Trinajstić information content (AvgIpc) is 3.59. The highest BCUT2D eigenvalue weighted by molar-refractivity contribution is 6.09. The van der Waals surface area contributed by atoms with Gasteiger partial charge in [-0.1, -0.05) is 164 Å². The summed E-state index contributed by atoms with van der Waals surface area (Å²) in [6.07, 6.45) is 0. The molecule has 10 aromatic rings. The number of hydrogen-bond acceptors (Lipinski definition) is 1. The molecule has 0 spiro atoms. The third kappa shape index (κ3) is 5.53. The first-order valence-corrected chi connectivity index (χ1v) is 18.5. The van der Waals surface area contributed by atoms with E-state index in [1.54, 1.807) is 0 Å². The van der Waals surface area contributed by atoms with Crippen LogP contribution in [-0.2, 0) is 0 Å². The number of fused-ring (bicyclic) bond motifs is 4. The summed E-state index contributed by atoms with van der Waals surface area (Å²) in [4.78, 5) is 2.39. The van der Waals surface area contributed by atoms with Gasteiger partial charge in [0.15, 0.2) is 0 Å². The lowest BCUT2D eigenvalue weighted by molar-refractivity contribution is 1.18. The molecule has 0 atom stereocenters. The number of hydrogen-bond donors (Lipinski definition) is 0. The monoisotopic (exact) mass is 688 g/mol. The number of benzene rings is 9. The number of para-hydroxylation sites is 4. The molecule has 254 valence electrons. The summed E-state index contributed by atoms with van der Waals surface area (Å²) in [5.41, 5.74) is 14.0. The van der Waals surface area contributed by atoms with Crippen molar-refractivity contribution in [1.82, 2.24) is 4.57 Å². The average molecular weight is 689 g/mol. The zero-order valence-electron chi connectivity index (χ0n) is 29.7. The Kier molecular flexibility index (Phi) is 7.85. The van der Waals surface area contributed by atoms with Gasteiger partial charge in [0.1, 0.15) is 0 Å². The fourth-order valence-electron chi connectivity index (χ4n) is 8.02. The second kappa shape index (κ2) is 13.4. The molecular formula is C52H36N2. The fraction of sp³-hybridized carbons (Fsp3) is 0. The highest BCUT2D eigenvalue weighted by Crippen LogP contribution is 2.43. The minimum absolute atomic E-state index is 1.09. The molecule has 9 aromatic carbocycles. The minimum Gasteiger partial charge on any atom is -0.310 e. The molecule has 2 heteroatoms. The van der Waals surface area contributed by atoms with Gasteiger partial charge in [-0.05, 0) is 87.6 Å². The van der Waals surface area contributed by atoms with E-state index in [1.165, 1.54) is 66.0 Å². The molecule has 0 aliphatic heterocycles. The van der Waals surface area contributed by atoms with Crippen LogP contribution >= 0.6 is 0 Å². The summed E-state index contributed by atoms with van der Waals surface area (Å²) in [7, 11) is 0. The lowest BCUT2D eigenvalue weighted by Crippen LogP contribution is -2.11. The zero-order chi connectivity index (χ0) is 35.8. The minimum atomic E-state index is 1.09. The molecule has 0 N–H and O–H groups in total. The van der Waals surface area contributed by atoms with Gasteiger partial charge in [0.25, 0.3) is 0 Å². The van der Waals surface area contributed by atoms with Crippen LogP contribution in [0.3, 0.4) is 0 Å². The van der Waals surface area contributed by atoms with Crippen molar-refractivity contribution in [1.29, 1.82) is 0 Å². The van der Waals surface area contributed by atoms with Gasteiger partial charge < -0.3 is 9.47 Å². The van der Waals surface area contributed by atoms with Crippen LogP contribution in [0.25, 0.3) is 71.6 Å². The molecule has 0 radical (unpaired) electrons. The second-order valence-electron chi connectivity index (χ2n) is 13.8. The predicted molar refractivity (Wildman–Crippen MR) is 229 cm³/mol. The normalized spacial score (nSPS) is 11.3. The Balaban J connectivity index is 1.11. The van der Waals surface area contributed by atoms with E-state index in [4.69, 9.17) is 0 Å². The van der Waals surface area contributed by atoms with Crippen molar-refractivity contribution in [3.8, 4) is 39.1 Å². The van der Waals surface area contributed by atoms with Crippen LogP contribution in [0.1, 0.15) is 0 Å². The van der Waals surface area contributed by atoms with Gasteiger partial charge in [-0.25, -0.2) is 0 Å². The largest absolute Gasteiger partial charge is 0.310 e. The summed E-state index contributed by atoms with van der Waals surface area (Å²) in [6.45, 7) is 0. The molecule has 0 amide bonds. The van der Waals surface area contributed by atoms with Crippen LogP contribution in [0.4, 0.5) is 17.1 Å². The van der Waals surface area contributed by atoms with Crippen LogP contribution in [0.2, 0.25) is 0 Å².